The minimum Gasteiger partial charge on any atom is -0.382 e. The summed E-state index contributed by atoms with van der Waals surface area (Å²) in [7, 11) is 0. The first kappa shape index (κ1) is 15.0. The Labute approximate surface area is 119 Å². The lowest BCUT2D eigenvalue weighted by molar-refractivity contribution is -0.133. The first-order valence-corrected chi connectivity index (χ1v) is 6.14. The molecule has 1 amide bonds. The number of nitrogens with two attached hydrogens (primary N) is 1. The lowest BCUT2D eigenvalue weighted by Gasteiger charge is -2.33. The molecule has 0 saturated heterocycles. The highest BCUT2D eigenvalue weighted by Crippen LogP contribution is 2.33. The molecule has 112 valence electrons. The Balaban J connectivity index is 2.51. The van der Waals surface area contributed by atoms with Crippen LogP contribution in [-0.4, -0.2) is 25.8 Å². The summed E-state index contributed by atoms with van der Waals surface area (Å²) < 4.78 is 28.3. The number of carbonyl (C=O) groups is 1. The van der Waals surface area contributed by atoms with Crippen molar-refractivity contribution in [3.8, 4) is 0 Å². The number of hydrogen-bond donors (Lipinski definition) is 2. The molecule has 1 heterocycles. The average Bonchev–Trinajstić information content (AvgIpc) is 2.89. The minimum atomic E-state index is -1.97. The number of benzene rings is 1. The standard InChI is InChI=1S/C13H14F2N4O2/c1-8(12(16)20)13(21,5-19-7-17-6-18-19)10-3-2-9(14)4-11(10)15/h2-4,6-8,21H,5H2,1H3,(H2,16,20). The molecule has 2 aromatic rings. The number of carbonyl (C=O) groups excluding carboxylic acids is 1. The van der Waals surface area contributed by atoms with Gasteiger partial charge in [0.05, 0.1) is 12.5 Å². The van der Waals surface area contributed by atoms with Crippen LogP contribution in [0, 0.1) is 17.6 Å². The van der Waals surface area contributed by atoms with Gasteiger partial charge < -0.3 is 10.8 Å². The molecule has 0 saturated carbocycles. The van der Waals surface area contributed by atoms with Crippen LogP contribution in [0.1, 0.15) is 12.5 Å². The first-order valence-electron chi connectivity index (χ1n) is 6.14. The van der Waals surface area contributed by atoms with Crippen LogP contribution in [-0.2, 0) is 16.9 Å². The van der Waals surface area contributed by atoms with E-state index in [-0.39, 0.29) is 12.1 Å². The third-order valence-corrected chi connectivity index (χ3v) is 3.41. The van der Waals surface area contributed by atoms with Gasteiger partial charge in [0.2, 0.25) is 5.91 Å². The monoisotopic (exact) mass is 296 g/mol. The highest BCUT2D eigenvalue weighted by atomic mass is 19.1. The Morgan fingerprint density at radius 1 is 1.52 bits per heavy atom. The second kappa shape index (κ2) is 5.57. The van der Waals surface area contributed by atoms with Gasteiger partial charge in [-0.2, -0.15) is 5.10 Å². The number of aliphatic hydroxyl groups is 1. The summed E-state index contributed by atoms with van der Waals surface area (Å²) in [5, 5.41) is 14.6. The van der Waals surface area contributed by atoms with Crippen LogP contribution in [0.25, 0.3) is 0 Å². The van der Waals surface area contributed by atoms with Gasteiger partial charge in [0, 0.05) is 11.6 Å². The topological polar surface area (TPSA) is 94.0 Å². The molecule has 0 fully saturated rings. The molecule has 1 aromatic carbocycles. The maximum Gasteiger partial charge on any atom is 0.223 e. The zero-order valence-electron chi connectivity index (χ0n) is 11.2. The van der Waals surface area contributed by atoms with Crippen LogP contribution in [0.15, 0.2) is 30.9 Å². The predicted octanol–water partition coefficient (Wildman–Crippen LogP) is 0.565. The zero-order chi connectivity index (χ0) is 15.6. The van der Waals surface area contributed by atoms with Crippen molar-refractivity contribution >= 4 is 5.91 Å². The lowest BCUT2D eigenvalue weighted by Crippen LogP contribution is -2.45. The third-order valence-electron chi connectivity index (χ3n) is 3.41. The van der Waals surface area contributed by atoms with Crippen molar-refractivity contribution in [3.63, 3.8) is 0 Å². The molecule has 21 heavy (non-hydrogen) atoms. The number of amides is 1. The fourth-order valence-corrected chi connectivity index (χ4v) is 2.09. The highest BCUT2D eigenvalue weighted by molar-refractivity contribution is 5.77. The fourth-order valence-electron chi connectivity index (χ4n) is 2.09. The molecule has 0 aliphatic carbocycles. The summed E-state index contributed by atoms with van der Waals surface area (Å²) in [5.41, 5.74) is 3.02. The van der Waals surface area contributed by atoms with Gasteiger partial charge in [0.15, 0.2) is 0 Å². The maximum atomic E-state index is 14.0. The molecule has 0 bridgehead atoms. The van der Waals surface area contributed by atoms with Gasteiger partial charge in [-0.1, -0.05) is 13.0 Å². The van der Waals surface area contributed by atoms with E-state index in [2.05, 4.69) is 10.1 Å². The van der Waals surface area contributed by atoms with E-state index in [1.165, 1.54) is 24.3 Å². The normalized spacial score (nSPS) is 15.4. The summed E-state index contributed by atoms with van der Waals surface area (Å²) in [6, 6.07) is 2.72. The van der Waals surface area contributed by atoms with Gasteiger partial charge in [-0.05, 0) is 6.07 Å². The molecule has 0 aliphatic heterocycles. The van der Waals surface area contributed by atoms with Gasteiger partial charge in [-0.15, -0.1) is 0 Å². The highest BCUT2D eigenvalue weighted by Gasteiger charge is 2.41. The van der Waals surface area contributed by atoms with Crippen LogP contribution in [0.3, 0.4) is 0 Å². The van der Waals surface area contributed by atoms with E-state index in [9.17, 15) is 18.7 Å². The number of rotatable bonds is 5. The SMILES string of the molecule is CC(C(N)=O)C(O)(Cn1cncn1)c1ccc(F)cc1F. The molecule has 0 radical (unpaired) electrons. The number of nitrogens with zero attached hydrogens (tertiary/aromatic N) is 3. The maximum absolute atomic E-state index is 14.0. The second-order valence-corrected chi connectivity index (χ2v) is 4.77. The quantitative estimate of drug-likeness (QED) is 0.843. The summed E-state index contributed by atoms with van der Waals surface area (Å²) in [5.74, 6) is -3.69. The van der Waals surface area contributed by atoms with Crippen LogP contribution in [0.5, 0.6) is 0 Å². The van der Waals surface area contributed by atoms with Crippen molar-refractivity contribution in [1.29, 1.82) is 0 Å². The molecule has 2 unspecified atom stereocenters. The van der Waals surface area contributed by atoms with Crippen LogP contribution < -0.4 is 5.73 Å². The van der Waals surface area contributed by atoms with Crippen LogP contribution in [0.2, 0.25) is 0 Å². The Morgan fingerprint density at radius 3 is 2.76 bits per heavy atom. The zero-order valence-corrected chi connectivity index (χ0v) is 11.2. The molecule has 2 atom stereocenters. The van der Waals surface area contributed by atoms with E-state index >= 15 is 0 Å². The summed E-state index contributed by atoms with van der Waals surface area (Å²) in [6.45, 7) is 1.11. The van der Waals surface area contributed by atoms with E-state index in [4.69, 9.17) is 5.73 Å². The molecule has 2 rings (SSSR count). The molecule has 0 aliphatic rings. The summed E-state index contributed by atoms with van der Waals surface area (Å²) >= 11 is 0. The Kier molecular flexibility index (Phi) is 3.99. The Bertz CT molecular complexity index is 648. The molecule has 1 aromatic heterocycles. The number of halogens is 2. The van der Waals surface area contributed by atoms with E-state index in [0.717, 1.165) is 12.1 Å². The molecular weight excluding hydrogens is 282 g/mol. The molecule has 6 nitrogen and oxygen atoms in total. The smallest absolute Gasteiger partial charge is 0.223 e. The van der Waals surface area contributed by atoms with Crippen molar-refractivity contribution in [1.82, 2.24) is 14.8 Å². The molecule has 3 N–H and O–H groups in total. The number of aromatic nitrogens is 3. The van der Waals surface area contributed by atoms with Crippen LogP contribution in [0.4, 0.5) is 8.78 Å². The van der Waals surface area contributed by atoms with Crippen molar-refractivity contribution in [2.75, 3.05) is 0 Å². The van der Waals surface area contributed by atoms with E-state index in [1.54, 1.807) is 0 Å². The van der Waals surface area contributed by atoms with Crippen molar-refractivity contribution in [2.24, 2.45) is 11.7 Å². The first-order chi connectivity index (χ1) is 9.84. The average molecular weight is 296 g/mol. The largest absolute Gasteiger partial charge is 0.382 e. The van der Waals surface area contributed by atoms with Gasteiger partial charge in [-0.25, -0.2) is 18.4 Å². The van der Waals surface area contributed by atoms with Gasteiger partial charge in [-0.3, -0.25) is 4.79 Å². The summed E-state index contributed by atoms with van der Waals surface area (Å²) in [4.78, 5) is 15.2. The van der Waals surface area contributed by atoms with Crippen LogP contribution >= 0.6 is 0 Å². The fraction of sp³-hybridized carbons (Fsp3) is 0.308. The Hall–Kier alpha value is -2.35. The predicted molar refractivity (Wildman–Crippen MR) is 68.6 cm³/mol. The van der Waals surface area contributed by atoms with Crippen molar-refractivity contribution < 1.29 is 18.7 Å². The second-order valence-electron chi connectivity index (χ2n) is 4.77. The Morgan fingerprint density at radius 2 is 2.24 bits per heavy atom. The van der Waals surface area contributed by atoms with E-state index in [0.29, 0.717) is 6.07 Å². The minimum absolute atomic E-state index is 0.231. The molecule has 8 heteroatoms. The lowest BCUT2D eigenvalue weighted by atomic mass is 9.81. The van der Waals surface area contributed by atoms with E-state index < -0.39 is 29.1 Å². The van der Waals surface area contributed by atoms with Gasteiger partial charge in [0.1, 0.15) is 29.9 Å². The number of primary amides is 1. The van der Waals surface area contributed by atoms with E-state index in [1.807, 2.05) is 0 Å². The van der Waals surface area contributed by atoms with Gasteiger partial charge >= 0.3 is 0 Å². The molecule has 0 spiro atoms. The summed E-state index contributed by atoms with van der Waals surface area (Å²) in [6.07, 6.45) is 2.54. The number of hydrogen-bond acceptors (Lipinski definition) is 4. The van der Waals surface area contributed by atoms with Gasteiger partial charge in [0.25, 0.3) is 0 Å². The molecular formula is C13H14F2N4O2. The van der Waals surface area contributed by atoms with Crippen molar-refractivity contribution in [3.05, 3.63) is 48.1 Å². The van der Waals surface area contributed by atoms with Crippen molar-refractivity contribution in [2.45, 2.75) is 19.1 Å². The third kappa shape index (κ3) is 2.89.